The minimum Gasteiger partial charge on any atom is -0.493 e. The Kier molecular flexibility index (Phi) is 6.29. The predicted octanol–water partition coefficient (Wildman–Crippen LogP) is 2.20. The first-order valence-electron chi connectivity index (χ1n) is 6.24. The Bertz CT molecular complexity index is 487. The maximum absolute atomic E-state index is 11.6. The molecule has 0 fully saturated rings. The fourth-order valence-corrected chi connectivity index (χ4v) is 1.52. The molecule has 0 aromatic heterocycles. The zero-order valence-corrected chi connectivity index (χ0v) is 11.8. The van der Waals surface area contributed by atoms with Gasteiger partial charge in [-0.25, -0.2) is 9.59 Å². The van der Waals surface area contributed by atoms with E-state index < -0.39 is 11.9 Å². The van der Waals surface area contributed by atoms with Gasteiger partial charge in [0.05, 0.1) is 20.8 Å². The monoisotopic (exact) mass is 278 g/mol. The third-order valence-corrected chi connectivity index (χ3v) is 2.49. The molecule has 5 heteroatoms. The summed E-state index contributed by atoms with van der Waals surface area (Å²) >= 11 is 0. The molecule has 0 spiro atoms. The fraction of sp³-hybridized carbons (Fsp3) is 0.333. The zero-order chi connectivity index (χ0) is 15.0. The minimum atomic E-state index is -0.748. The van der Waals surface area contributed by atoms with Crippen molar-refractivity contribution in [3.05, 3.63) is 35.4 Å². The van der Waals surface area contributed by atoms with Gasteiger partial charge in [-0.1, -0.05) is 25.1 Å². The lowest BCUT2D eigenvalue weighted by molar-refractivity contribution is -0.143. The van der Waals surface area contributed by atoms with Crippen molar-refractivity contribution in [2.24, 2.45) is 0 Å². The lowest BCUT2D eigenvalue weighted by Gasteiger charge is -2.09. The molecular formula is C15H18O5. The molecule has 0 aliphatic heterocycles. The molecular weight excluding hydrogens is 260 g/mol. The van der Waals surface area contributed by atoms with Crippen LogP contribution in [-0.2, 0) is 19.1 Å². The molecule has 0 aliphatic carbocycles. The van der Waals surface area contributed by atoms with Gasteiger partial charge in [0.25, 0.3) is 0 Å². The van der Waals surface area contributed by atoms with E-state index in [-0.39, 0.29) is 5.57 Å². The molecule has 0 bridgehead atoms. The molecule has 20 heavy (non-hydrogen) atoms. The maximum Gasteiger partial charge on any atom is 0.345 e. The van der Waals surface area contributed by atoms with Crippen LogP contribution in [0.5, 0.6) is 5.75 Å². The van der Waals surface area contributed by atoms with E-state index in [0.29, 0.717) is 17.9 Å². The maximum atomic E-state index is 11.6. The van der Waals surface area contributed by atoms with Crippen LogP contribution in [0.3, 0.4) is 0 Å². The minimum absolute atomic E-state index is 0.178. The van der Waals surface area contributed by atoms with E-state index >= 15 is 0 Å². The van der Waals surface area contributed by atoms with Crippen molar-refractivity contribution in [2.75, 3.05) is 20.8 Å². The largest absolute Gasteiger partial charge is 0.493 e. The molecule has 5 nitrogen and oxygen atoms in total. The van der Waals surface area contributed by atoms with E-state index in [4.69, 9.17) is 4.74 Å². The highest BCUT2D eigenvalue weighted by Crippen LogP contribution is 2.22. The number of benzene rings is 1. The first-order valence-corrected chi connectivity index (χ1v) is 6.24. The SMILES string of the molecule is CCCOc1ccccc1C=C(C(=O)OC)C(=O)OC. The van der Waals surface area contributed by atoms with E-state index in [1.165, 1.54) is 20.3 Å². The van der Waals surface area contributed by atoms with E-state index in [1.54, 1.807) is 18.2 Å². The van der Waals surface area contributed by atoms with E-state index in [2.05, 4.69) is 9.47 Å². The molecule has 1 aromatic carbocycles. The van der Waals surface area contributed by atoms with Gasteiger partial charge in [-0.05, 0) is 18.6 Å². The Morgan fingerprint density at radius 1 is 1.10 bits per heavy atom. The first-order chi connectivity index (χ1) is 9.63. The van der Waals surface area contributed by atoms with Gasteiger partial charge in [0.2, 0.25) is 0 Å². The molecule has 0 unspecified atom stereocenters. The zero-order valence-electron chi connectivity index (χ0n) is 11.8. The fourth-order valence-electron chi connectivity index (χ4n) is 1.52. The molecule has 1 aromatic rings. The normalized spacial score (nSPS) is 9.55. The number of rotatable bonds is 6. The van der Waals surface area contributed by atoms with Crippen molar-refractivity contribution >= 4 is 18.0 Å². The molecule has 0 saturated carbocycles. The number of carbonyl (C=O) groups is 2. The standard InChI is InChI=1S/C15H18O5/c1-4-9-20-13-8-6-5-7-11(13)10-12(14(16)18-2)15(17)19-3/h5-8,10H,4,9H2,1-3H3. The van der Waals surface area contributed by atoms with Crippen LogP contribution in [0.2, 0.25) is 0 Å². The van der Waals surface area contributed by atoms with Crippen molar-refractivity contribution in [3.8, 4) is 5.75 Å². The lowest BCUT2D eigenvalue weighted by Crippen LogP contribution is -2.15. The third kappa shape index (κ3) is 4.12. The Labute approximate surface area is 118 Å². The first kappa shape index (κ1) is 15.8. The number of ether oxygens (including phenoxy) is 3. The smallest absolute Gasteiger partial charge is 0.345 e. The Morgan fingerprint density at radius 2 is 1.70 bits per heavy atom. The summed E-state index contributed by atoms with van der Waals surface area (Å²) in [5.74, 6) is -0.899. The van der Waals surface area contributed by atoms with Crippen molar-refractivity contribution in [1.82, 2.24) is 0 Å². The van der Waals surface area contributed by atoms with Crippen molar-refractivity contribution in [3.63, 3.8) is 0 Å². The molecule has 0 radical (unpaired) electrons. The lowest BCUT2D eigenvalue weighted by atomic mass is 10.1. The molecule has 0 N–H and O–H groups in total. The predicted molar refractivity (Wildman–Crippen MR) is 74.2 cm³/mol. The third-order valence-electron chi connectivity index (χ3n) is 2.49. The van der Waals surface area contributed by atoms with Crippen LogP contribution in [0.1, 0.15) is 18.9 Å². The van der Waals surface area contributed by atoms with E-state index in [1.807, 2.05) is 13.0 Å². The van der Waals surface area contributed by atoms with Crippen molar-refractivity contribution < 1.29 is 23.8 Å². The van der Waals surface area contributed by atoms with Crippen LogP contribution in [0, 0.1) is 0 Å². The molecule has 0 aliphatic rings. The summed E-state index contributed by atoms with van der Waals surface area (Å²) in [4.78, 5) is 23.2. The van der Waals surface area contributed by atoms with Crippen LogP contribution in [0.4, 0.5) is 0 Å². The van der Waals surface area contributed by atoms with Crippen LogP contribution in [0.15, 0.2) is 29.8 Å². The average Bonchev–Trinajstić information content (AvgIpc) is 2.49. The highest BCUT2D eigenvalue weighted by Gasteiger charge is 2.20. The van der Waals surface area contributed by atoms with Gasteiger partial charge in [-0.15, -0.1) is 0 Å². The summed E-state index contributed by atoms with van der Waals surface area (Å²) in [6.45, 7) is 2.55. The highest BCUT2D eigenvalue weighted by atomic mass is 16.5. The second kappa shape index (κ2) is 7.99. The van der Waals surface area contributed by atoms with Crippen molar-refractivity contribution in [1.29, 1.82) is 0 Å². The summed E-state index contributed by atoms with van der Waals surface area (Å²) < 4.78 is 14.7. The Hall–Kier alpha value is -2.30. The second-order valence-electron chi connectivity index (χ2n) is 3.93. The molecule has 1 rings (SSSR count). The molecule has 108 valence electrons. The Balaban J connectivity index is 3.16. The second-order valence-corrected chi connectivity index (χ2v) is 3.93. The highest BCUT2D eigenvalue weighted by molar-refractivity contribution is 6.17. The molecule has 0 heterocycles. The quantitative estimate of drug-likeness (QED) is 0.345. The van der Waals surface area contributed by atoms with Gasteiger partial charge < -0.3 is 14.2 Å². The van der Waals surface area contributed by atoms with E-state index in [9.17, 15) is 9.59 Å². The molecule has 0 atom stereocenters. The number of methoxy groups -OCH3 is 2. The van der Waals surface area contributed by atoms with E-state index in [0.717, 1.165) is 6.42 Å². The van der Waals surface area contributed by atoms with Crippen molar-refractivity contribution in [2.45, 2.75) is 13.3 Å². The van der Waals surface area contributed by atoms with Crippen LogP contribution >= 0.6 is 0 Å². The van der Waals surface area contributed by atoms with Gasteiger partial charge >= 0.3 is 11.9 Å². The van der Waals surface area contributed by atoms with Gasteiger partial charge in [-0.3, -0.25) is 0 Å². The topological polar surface area (TPSA) is 61.8 Å². The number of para-hydroxylation sites is 1. The van der Waals surface area contributed by atoms with Crippen LogP contribution in [0.25, 0.3) is 6.08 Å². The van der Waals surface area contributed by atoms with Crippen LogP contribution < -0.4 is 4.74 Å². The number of esters is 2. The summed E-state index contributed by atoms with van der Waals surface area (Å²) in [6, 6.07) is 7.12. The van der Waals surface area contributed by atoms with Gasteiger partial charge in [0.1, 0.15) is 11.3 Å². The number of hydrogen-bond acceptors (Lipinski definition) is 5. The van der Waals surface area contributed by atoms with Gasteiger partial charge in [0, 0.05) is 5.56 Å². The summed E-state index contributed by atoms with van der Waals surface area (Å²) in [5, 5.41) is 0. The number of hydrogen-bond donors (Lipinski definition) is 0. The summed E-state index contributed by atoms with van der Waals surface area (Å²) in [5.41, 5.74) is 0.439. The number of carbonyl (C=O) groups excluding carboxylic acids is 2. The van der Waals surface area contributed by atoms with Gasteiger partial charge in [0.15, 0.2) is 0 Å². The summed E-state index contributed by atoms with van der Waals surface area (Å²) in [6.07, 6.45) is 2.27. The van der Waals surface area contributed by atoms with Crippen LogP contribution in [-0.4, -0.2) is 32.8 Å². The summed E-state index contributed by atoms with van der Waals surface area (Å²) in [7, 11) is 2.41. The molecule has 0 saturated heterocycles. The Morgan fingerprint density at radius 3 is 2.25 bits per heavy atom. The van der Waals surface area contributed by atoms with Gasteiger partial charge in [-0.2, -0.15) is 0 Å². The molecule has 0 amide bonds. The average molecular weight is 278 g/mol.